The molecule has 2 aliphatic heterocycles. The molecule has 1 aromatic rings. The monoisotopic (exact) mass is 423 g/mol. The molecule has 6 nitrogen and oxygen atoms in total. The normalized spacial score (nSPS) is 25.2. The average Bonchev–Trinajstić information content (AvgIpc) is 2.65. The molecule has 2 heterocycles. The largest absolute Gasteiger partial charge is 0.385 e. The second-order valence-electron chi connectivity index (χ2n) is 9.55. The van der Waals surface area contributed by atoms with E-state index in [4.69, 9.17) is 4.74 Å². The molecule has 29 heavy (non-hydrogen) atoms. The first-order chi connectivity index (χ1) is 13.6. The van der Waals surface area contributed by atoms with Gasteiger partial charge in [-0.25, -0.2) is 12.7 Å². The SMILES string of the molecule is C[C@@H]1CN(c2ccc(NCC3CCN(S(=O)(=O)C(C)(C)C)CC3)cc2)C[C@H](C)O1. The first-order valence-corrected chi connectivity index (χ1v) is 12.2. The number of piperidine rings is 1. The predicted molar refractivity (Wildman–Crippen MR) is 120 cm³/mol. The van der Waals surface area contributed by atoms with E-state index in [0.29, 0.717) is 19.0 Å². The molecule has 0 amide bonds. The standard InChI is InChI=1S/C22H37N3O3S/c1-17-15-24(16-18(2)28-17)21-8-6-20(7-9-21)23-14-19-10-12-25(13-11-19)29(26,27)22(3,4)5/h6-9,17-19,23H,10-16H2,1-5H3/t17-,18+. The highest BCUT2D eigenvalue weighted by Gasteiger charge is 2.37. The summed E-state index contributed by atoms with van der Waals surface area (Å²) < 4.78 is 32.0. The Morgan fingerprint density at radius 1 is 1.03 bits per heavy atom. The maximum atomic E-state index is 12.6. The van der Waals surface area contributed by atoms with Crippen LogP contribution in [0.4, 0.5) is 11.4 Å². The second-order valence-corrected chi connectivity index (χ2v) is 12.2. The molecule has 0 spiro atoms. The molecule has 2 atom stereocenters. The number of nitrogens with zero attached hydrogens (tertiary/aromatic N) is 2. The zero-order chi connectivity index (χ0) is 21.2. The van der Waals surface area contributed by atoms with Crippen LogP contribution in [0, 0.1) is 5.92 Å². The highest BCUT2D eigenvalue weighted by molar-refractivity contribution is 7.90. The van der Waals surface area contributed by atoms with E-state index in [-0.39, 0.29) is 12.2 Å². The Kier molecular flexibility index (Phi) is 6.81. The van der Waals surface area contributed by atoms with Crippen LogP contribution >= 0.6 is 0 Å². The van der Waals surface area contributed by atoms with Gasteiger partial charge in [0, 0.05) is 44.1 Å². The van der Waals surface area contributed by atoms with Gasteiger partial charge in [-0.05, 0) is 77.6 Å². The summed E-state index contributed by atoms with van der Waals surface area (Å²) in [6.45, 7) is 13.5. The van der Waals surface area contributed by atoms with Gasteiger partial charge < -0.3 is 15.0 Å². The Labute approximate surface area is 176 Å². The van der Waals surface area contributed by atoms with Gasteiger partial charge in [-0.1, -0.05) is 0 Å². The quantitative estimate of drug-likeness (QED) is 0.785. The molecule has 7 heteroatoms. The maximum absolute atomic E-state index is 12.6. The van der Waals surface area contributed by atoms with Crippen molar-refractivity contribution < 1.29 is 13.2 Å². The molecular weight excluding hydrogens is 386 g/mol. The fourth-order valence-electron chi connectivity index (χ4n) is 4.18. The van der Waals surface area contributed by atoms with E-state index in [1.807, 2.05) is 0 Å². The third-order valence-electron chi connectivity index (χ3n) is 5.93. The van der Waals surface area contributed by atoms with Crippen molar-refractivity contribution in [2.75, 3.05) is 42.9 Å². The van der Waals surface area contributed by atoms with Crippen LogP contribution < -0.4 is 10.2 Å². The summed E-state index contributed by atoms with van der Waals surface area (Å²) in [4.78, 5) is 2.38. The van der Waals surface area contributed by atoms with Crippen molar-refractivity contribution in [1.82, 2.24) is 4.31 Å². The van der Waals surface area contributed by atoms with E-state index >= 15 is 0 Å². The van der Waals surface area contributed by atoms with Crippen molar-refractivity contribution in [2.24, 2.45) is 5.92 Å². The van der Waals surface area contributed by atoms with Crippen molar-refractivity contribution in [1.29, 1.82) is 0 Å². The summed E-state index contributed by atoms with van der Waals surface area (Å²) in [7, 11) is -3.21. The first kappa shape index (κ1) is 22.4. The second kappa shape index (κ2) is 8.82. The summed E-state index contributed by atoms with van der Waals surface area (Å²) >= 11 is 0. The number of anilines is 2. The summed E-state index contributed by atoms with van der Waals surface area (Å²) in [5, 5.41) is 3.53. The van der Waals surface area contributed by atoms with Gasteiger partial charge in [-0.3, -0.25) is 0 Å². The molecule has 0 radical (unpaired) electrons. The number of sulfonamides is 1. The molecule has 1 N–H and O–H groups in total. The van der Waals surface area contributed by atoms with Crippen LogP contribution in [0.15, 0.2) is 24.3 Å². The lowest BCUT2D eigenvalue weighted by molar-refractivity contribution is -0.00521. The molecule has 0 aromatic heterocycles. The summed E-state index contributed by atoms with van der Waals surface area (Å²) in [6, 6.07) is 8.62. The van der Waals surface area contributed by atoms with E-state index in [0.717, 1.165) is 38.2 Å². The van der Waals surface area contributed by atoms with Gasteiger partial charge in [0.15, 0.2) is 0 Å². The molecule has 0 unspecified atom stereocenters. The number of rotatable bonds is 5. The molecule has 2 fully saturated rings. The van der Waals surface area contributed by atoms with Crippen molar-refractivity contribution in [3.8, 4) is 0 Å². The van der Waals surface area contributed by atoms with Crippen LogP contribution in [0.3, 0.4) is 0 Å². The summed E-state index contributed by atoms with van der Waals surface area (Å²) in [6.07, 6.45) is 2.32. The van der Waals surface area contributed by atoms with Gasteiger partial charge in [0.1, 0.15) is 0 Å². The highest BCUT2D eigenvalue weighted by atomic mass is 32.2. The van der Waals surface area contributed by atoms with E-state index < -0.39 is 14.8 Å². The lowest BCUT2D eigenvalue weighted by Crippen LogP contribution is -2.47. The van der Waals surface area contributed by atoms with Gasteiger partial charge >= 0.3 is 0 Å². The summed E-state index contributed by atoms with van der Waals surface area (Å²) in [5.41, 5.74) is 2.35. The third kappa shape index (κ3) is 5.44. The highest BCUT2D eigenvalue weighted by Crippen LogP contribution is 2.27. The van der Waals surface area contributed by atoms with E-state index in [1.165, 1.54) is 5.69 Å². The zero-order valence-corrected chi connectivity index (χ0v) is 19.3. The minimum absolute atomic E-state index is 0.254. The fraction of sp³-hybridized carbons (Fsp3) is 0.727. The Bertz CT molecular complexity index is 755. The third-order valence-corrected chi connectivity index (χ3v) is 8.53. The predicted octanol–water partition coefficient (Wildman–Crippen LogP) is 3.55. The smallest absolute Gasteiger partial charge is 0.219 e. The molecular formula is C22H37N3O3S. The van der Waals surface area contributed by atoms with Gasteiger partial charge in [0.05, 0.1) is 17.0 Å². The maximum Gasteiger partial charge on any atom is 0.219 e. The van der Waals surface area contributed by atoms with Crippen LogP contribution in [0.1, 0.15) is 47.5 Å². The number of morpholine rings is 1. The molecule has 0 aliphatic carbocycles. The number of ether oxygens (including phenoxy) is 1. The fourth-order valence-corrected chi connectivity index (χ4v) is 5.65. The Hall–Kier alpha value is -1.31. The number of nitrogens with one attached hydrogen (secondary N) is 1. The van der Waals surface area contributed by atoms with Crippen LogP contribution in [-0.4, -0.2) is 62.4 Å². The lowest BCUT2D eigenvalue weighted by atomic mass is 9.98. The zero-order valence-electron chi connectivity index (χ0n) is 18.5. The molecule has 2 aliphatic rings. The van der Waals surface area contributed by atoms with Crippen molar-refractivity contribution in [3.05, 3.63) is 24.3 Å². The van der Waals surface area contributed by atoms with Crippen LogP contribution in [-0.2, 0) is 14.8 Å². The number of benzene rings is 1. The summed E-state index contributed by atoms with van der Waals surface area (Å²) in [5.74, 6) is 0.502. The van der Waals surface area contributed by atoms with E-state index in [2.05, 4.69) is 48.3 Å². The van der Waals surface area contributed by atoms with Crippen LogP contribution in [0.25, 0.3) is 0 Å². The van der Waals surface area contributed by atoms with Gasteiger partial charge in [-0.2, -0.15) is 0 Å². The minimum atomic E-state index is -3.21. The van der Waals surface area contributed by atoms with E-state index in [1.54, 1.807) is 25.1 Å². The molecule has 3 rings (SSSR count). The van der Waals surface area contributed by atoms with Crippen LogP contribution in [0.2, 0.25) is 0 Å². The van der Waals surface area contributed by atoms with Crippen LogP contribution in [0.5, 0.6) is 0 Å². The van der Waals surface area contributed by atoms with Crippen molar-refractivity contribution in [3.63, 3.8) is 0 Å². The first-order valence-electron chi connectivity index (χ1n) is 10.8. The van der Waals surface area contributed by atoms with Crippen molar-refractivity contribution in [2.45, 2.75) is 64.4 Å². The Balaban J connectivity index is 1.48. The Morgan fingerprint density at radius 3 is 2.10 bits per heavy atom. The van der Waals surface area contributed by atoms with Gasteiger partial charge in [-0.15, -0.1) is 0 Å². The number of hydrogen-bond donors (Lipinski definition) is 1. The van der Waals surface area contributed by atoms with E-state index in [9.17, 15) is 8.42 Å². The lowest BCUT2D eigenvalue weighted by Gasteiger charge is -2.37. The minimum Gasteiger partial charge on any atom is -0.385 e. The molecule has 164 valence electrons. The Morgan fingerprint density at radius 2 is 1.59 bits per heavy atom. The van der Waals surface area contributed by atoms with Gasteiger partial charge in [0.25, 0.3) is 0 Å². The molecule has 0 bridgehead atoms. The molecule has 1 aromatic carbocycles. The molecule has 2 saturated heterocycles. The number of hydrogen-bond acceptors (Lipinski definition) is 5. The molecule has 0 saturated carbocycles. The topological polar surface area (TPSA) is 61.9 Å². The van der Waals surface area contributed by atoms with Gasteiger partial charge in [0.2, 0.25) is 10.0 Å². The van der Waals surface area contributed by atoms with Crippen molar-refractivity contribution >= 4 is 21.4 Å². The average molecular weight is 424 g/mol.